The number of rotatable bonds is 12. The number of hydrogen-bond donors (Lipinski definition) is 1. The molecule has 0 unspecified atom stereocenters. The molecule has 6 rings (SSSR count). The van der Waals surface area contributed by atoms with Gasteiger partial charge in [0.25, 0.3) is 5.91 Å². The van der Waals surface area contributed by atoms with E-state index in [-0.39, 0.29) is 19.1 Å². The van der Waals surface area contributed by atoms with Crippen LogP contribution in [0.5, 0.6) is 11.5 Å². The van der Waals surface area contributed by atoms with Crippen LogP contribution in [0.1, 0.15) is 52.7 Å². The molecule has 0 bridgehead atoms. The Bertz CT molecular complexity index is 1880. The number of fused-ring (bicyclic) bond motifs is 3. The van der Waals surface area contributed by atoms with Crippen LogP contribution in [0.3, 0.4) is 0 Å². The third-order valence-electron chi connectivity index (χ3n) is 9.11. The van der Waals surface area contributed by atoms with Crippen molar-refractivity contribution < 1.29 is 33.3 Å². The van der Waals surface area contributed by atoms with Gasteiger partial charge in [0.05, 0.1) is 32.6 Å². The summed E-state index contributed by atoms with van der Waals surface area (Å²) in [5, 5.41) is 7.99. The van der Waals surface area contributed by atoms with Crippen LogP contribution in [0.2, 0.25) is 5.02 Å². The van der Waals surface area contributed by atoms with Gasteiger partial charge in [-0.05, 0) is 79.1 Å². The first-order valence-electron chi connectivity index (χ1n) is 16.3. The van der Waals surface area contributed by atoms with Gasteiger partial charge in [0, 0.05) is 40.0 Å². The summed E-state index contributed by atoms with van der Waals surface area (Å²) in [6, 6.07) is 15.8. The van der Waals surface area contributed by atoms with Crippen molar-refractivity contribution in [1.29, 1.82) is 0 Å². The third-order valence-corrected chi connectivity index (χ3v) is 9.52. The number of ether oxygens (including phenoxy) is 4. The summed E-state index contributed by atoms with van der Waals surface area (Å²) in [5.41, 5.74) is 5.87. The first-order valence-corrected chi connectivity index (χ1v) is 16.6. The number of nitrogens with zero attached hydrogens (tertiary/aromatic N) is 3. The molecule has 1 fully saturated rings. The molecule has 49 heavy (non-hydrogen) atoms. The van der Waals surface area contributed by atoms with Gasteiger partial charge in [-0.1, -0.05) is 36.7 Å². The summed E-state index contributed by atoms with van der Waals surface area (Å²) in [6.07, 6.45) is 4.76. The van der Waals surface area contributed by atoms with Crippen LogP contribution in [0.4, 0.5) is 10.5 Å². The van der Waals surface area contributed by atoms with Crippen molar-refractivity contribution >= 4 is 35.3 Å². The lowest BCUT2D eigenvalue weighted by molar-refractivity contribution is -0.142. The molecule has 2 heterocycles. The number of amides is 2. The van der Waals surface area contributed by atoms with Gasteiger partial charge >= 0.3 is 12.1 Å². The highest BCUT2D eigenvalue weighted by atomic mass is 35.5. The first-order chi connectivity index (χ1) is 23.7. The fourth-order valence-electron chi connectivity index (χ4n) is 6.36. The monoisotopic (exact) mass is 686 g/mol. The van der Waals surface area contributed by atoms with Gasteiger partial charge in [0.2, 0.25) is 0 Å². The van der Waals surface area contributed by atoms with E-state index in [4.69, 9.17) is 30.5 Å². The van der Waals surface area contributed by atoms with Crippen molar-refractivity contribution in [3.8, 4) is 22.6 Å². The van der Waals surface area contributed by atoms with Gasteiger partial charge in [-0.15, -0.1) is 0 Å². The minimum Gasteiger partial charge on any atom is -0.496 e. The van der Waals surface area contributed by atoms with E-state index in [2.05, 4.69) is 16.5 Å². The van der Waals surface area contributed by atoms with Gasteiger partial charge in [-0.25, -0.2) is 9.59 Å². The minimum atomic E-state index is -0.740. The smallest absolute Gasteiger partial charge is 0.414 e. The summed E-state index contributed by atoms with van der Waals surface area (Å²) in [7, 11) is 2.87. The van der Waals surface area contributed by atoms with E-state index in [1.165, 1.54) is 7.11 Å². The number of hydrogen-bond acceptors (Lipinski definition) is 8. The standard InChI is InChI=1S/C37H39ClN4O7/c1-5-30(36(44)47-4)40-35(43)23-12-13-33(46-3)25(16-23)19-41-20-26(18-39-41)27-8-6-10-31-34(27)28-17-24(28)21-42(31)37(45)49-15-14-48-32-11-7-9-29(38)22(32)2/h6-13,16,18,20,24,28,30H,5,14-15,17,19,21H2,1-4H3,(H,40,43)/t24-,28-,30-/m0/s1. The summed E-state index contributed by atoms with van der Waals surface area (Å²) in [4.78, 5) is 40.1. The summed E-state index contributed by atoms with van der Waals surface area (Å²) >= 11 is 6.19. The highest BCUT2D eigenvalue weighted by molar-refractivity contribution is 6.31. The molecule has 12 heteroatoms. The number of esters is 1. The fourth-order valence-corrected chi connectivity index (χ4v) is 6.53. The van der Waals surface area contributed by atoms with Crippen LogP contribution in [0, 0.1) is 12.8 Å². The van der Waals surface area contributed by atoms with Crippen molar-refractivity contribution in [3.63, 3.8) is 0 Å². The average Bonchev–Trinajstić information content (AvgIpc) is 3.77. The molecule has 0 radical (unpaired) electrons. The summed E-state index contributed by atoms with van der Waals surface area (Å²) in [6.45, 7) is 4.95. The van der Waals surface area contributed by atoms with E-state index >= 15 is 0 Å². The zero-order chi connectivity index (χ0) is 34.7. The largest absolute Gasteiger partial charge is 0.496 e. The molecule has 11 nitrogen and oxygen atoms in total. The number of anilines is 1. The number of methoxy groups -OCH3 is 2. The predicted molar refractivity (Wildman–Crippen MR) is 185 cm³/mol. The molecule has 2 amide bonds. The number of halogens is 1. The number of aromatic nitrogens is 2. The van der Waals surface area contributed by atoms with E-state index in [0.29, 0.717) is 53.4 Å². The van der Waals surface area contributed by atoms with Crippen LogP contribution in [-0.4, -0.2) is 67.8 Å². The van der Waals surface area contributed by atoms with Crippen LogP contribution in [0.15, 0.2) is 67.0 Å². The van der Waals surface area contributed by atoms with Crippen LogP contribution in [-0.2, 0) is 20.8 Å². The van der Waals surface area contributed by atoms with Gasteiger partial charge in [0.15, 0.2) is 0 Å². The molecule has 1 aliphatic heterocycles. The van der Waals surface area contributed by atoms with E-state index in [1.807, 2.05) is 43.6 Å². The summed E-state index contributed by atoms with van der Waals surface area (Å²) in [5.74, 6) is 1.11. The lowest BCUT2D eigenvalue weighted by atomic mass is 9.93. The molecule has 3 atom stereocenters. The Hall–Kier alpha value is -5.03. The molecule has 1 aromatic heterocycles. The Labute approximate surface area is 290 Å². The topological polar surface area (TPSA) is 121 Å². The third kappa shape index (κ3) is 7.22. The second-order valence-corrected chi connectivity index (χ2v) is 12.6. The van der Waals surface area contributed by atoms with Crippen LogP contribution >= 0.6 is 11.6 Å². The first kappa shape index (κ1) is 33.9. The normalized spacial score (nSPS) is 16.6. The van der Waals surface area contributed by atoms with E-state index in [1.54, 1.807) is 47.9 Å². The molecule has 2 aliphatic rings. The molecule has 256 valence electrons. The van der Waals surface area contributed by atoms with Crippen molar-refractivity contribution in [2.45, 2.75) is 45.2 Å². The highest BCUT2D eigenvalue weighted by Gasteiger charge is 2.48. The molecular weight excluding hydrogens is 648 g/mol. The zero-order valence-corrected chi connectivity index (χ0v) is 28.7. The van der Waals surface area contributed by atoms with Gasteiger partial charge < -0.3 is 24.3 Å². The molecule has 0 spiro atoms. The minimum absolute atomic E-state index is 0.105. The van der Waals surface area contributed by atoms with Crippen molar-refractivity contribution in [2.75, 3.05) is 38.9 Å². The van der Waals surface area contributed by atoms with Crippen molar-refractivity contribution in [3.05, 3.63) is 94.3 Å². The maximum absolute atomic E-state index is 13.3. The van der Waals surface area contributed by atoms with Gasteiger partial charge in [-0.2, -0.15) is 5.10 Å². The quantitative estimate of drug-likeness (QED) is 0.135. The van der Waals surface area contributed by atoms with Crippen molar-refractivity contribution in [1.82, 2.24) is 15.1 Å². The number of carbonyl (C=O) groups excluding carboxylic acids is 3. The Morgan fingerprint density at radius 3 is 2.65 bits per heavy atom. The lowest BCUT2D eigenvalue weighted by Gasteiger charge is -2.29. The van der Waals surface area contributed by atoms with E-state index in [0.717, 1.165) is 39.9 Å². The SMILES string of the molecule is CC[C@H](NC(=O)c1ccc(OC)c(Cn2cc(-c3cccc4c3[C@H]3C[C@H]3CN4C(=O)OCCOc3cccc(Cl)c3C)cn2)c1)C(=O)OC. The maximum atomic E-state index is 13.3. The molecule has 1 aliphatic carbocycles. The zero-order valence-electron chi connectivity index (χ0n) is 27.9. The average molecular weight is 687 g/mol. The molecule has 3 aromatic carbocycles. The maximum Gasteiger partial charge on any atom is 0.414 e. The number of benzene rings is 3. The van der Waals surface area contributed by atoms with E-state index < -0.39 is 18.1 Å². The molecular formula is C37H39ClN4O7. The van der Waals surface area contributed by atoms with E-state index in [9.17, 15) is 14.4 Å². The Morgan fingerprint density at radius 2 is 1.88 bits per heavy atom. The lowest BCUT2D eigenvalue weighted by Crippen LogP contribution is -2.41. The molecule has 4 aromatic rings. The Kier molecular flexibility index (Phi) is 10.1. The second kappa shape index (κ2) is 14.6. The van der Waals surface area contributed by atoms with Crippen LogP contribution < -0.4 is 19.7 Å². The van der Waals surface area contributed by atoms with Gasteiger partial charge in [0.1, 0.15) is 30.8 Å². The number of carbonyl (C=O) groups is 3. The Morgan fingerprint density at radius 1 is 1.06 bits per heavy atom. The second-order valence-electron chi connectivity index (χ2n) is 12.2. The van der Waals surface area contributed by atoms with Crippen LogP contribution in [0.25, 0.3) is 11.1 Å². The van der Waals surface area contributed by atoms with Crippen molar-refractivity contribution in [2.24, 2.45) is 5.92 Å². The molecule has 1 N–H and O–H groups in total. The molecule has 0 saturated heterocycles. The Balaban J connectivity index is 1.16. The number of nitrogens with one attached hydrogen (secondary N) is 1. The predicted octanol–water partition coefficient (Wildman–Crippen LogP) is 6.39. The van der Waals surface area contributed by atoms with Gasteiger partial charge in [-0.3, -0.25) is 14.4 Å². The highest BCUT2D eigenvalue weighted by Crippen LogP contribution is 2.57. The summed E-state index contributed by atoms with van der Waals surface area (Å²) < 4.78 is 23.6. The molecule has 1 saturated carbocycles. The fraction of sp³-hybridized carbons (Fsp3) is 0.351.